The van der Waals surface area contributed by atoms with Crippen molar-refractivity contribution in [1.29, 1.82) is 0 Å². The lowest BCUT2D eigenvalue weighted by Gasteiger charge is -2.22. The smallest absolute Gasteiger partial charge is 0.234 e. The molecule has 154 valence electrons. The third kappa shape index (κ3) is 6.40. The molecular formula is C21H23BrN2O4S. The Kier molecular flexibility index (Phi) is 7.83. The Hall–Kier alpha value is -2.19. The topological polar surface area (TPSA) is 76.7 Å². The number of anilines is 1. The maximum Gasteiger partial charge on any atom is 0.234 e. The number of benzene rings is 2. The number of fused-ring (bicyclic) bond motifs is 1. The van der Waals surface area contributed by atoms with Crippen LogP contribution in [-0.2, 0) is 9.59 Å². The zero-order valence-electron chi connectivity index (χ0n) is 16.1. The van der Waals surface area contributed by atoms with E-state index in [4.69, 9.17) is 9.47 Å². The van der Waals surface area contributed by atoms with Crippen molar-refractivity contribution in [1.82, 2.24) is 5.32 Å². The number of hydrogen-bond donors (Lipinski definition) is 2. The van der Waals surface area contributed by atoms with E-state index in [1.807, 2.05) is 49.4 Å². The second-order valence-corrected chi connectivity index (χ2v) is 8.38. The molecule has 1 aliphatic heterocycles. The first kappa shape index (κ1) is 21.5. The molecule has 0 fully saturated rings. The van der Waals surface area contributed by atoms with Gasteiger partial charge in [-0.2, -0.15) is 0 Å². The second kappa shape index (κ2) is 10.5. The van der Waals surface area contributed by atoms with Gasteiger partial charge in [0, 0.05) is 10.2 Å². The van der Waals surface area contributed by atoms with Crippen LogP contribution in [0.3, 0.4) is 0 Å². The number of hydrogen-bond acceptors (Lipinski definition) is 5. The minimum atomic E-state index is -0.139. The lowest BCUT2D eigenvalue weighted by Crippen LogP contribution is -2.30. The SMILES string of the molecule is CCC(NC(=O)CSCC(=O)Nc1cccc(Br)c1)c1ccc2c(c1)OCCO2. The Labute approximate surface area is 182 Å². The van der Waals surface area contributed by atoms with E-state index in [-0.39, 0.29) is 29.4 Å². The number of carbonyl (C=O) groups is 2. The molecule has 1 heterocycles. The summed E-state index contributed by atoms with van der Waals surface area (Å²) in [6, 6.07) is 13.0. The van der Waals surface area contributed by atoms with Gasteiger partial charge in [0.1, 0.15) is 13.2 Å². The predicted octanol–water partition coefficient (Wildman–Crippen LogP) is 4.16. The van der Waals surface area contributed by atoms with Crippen LogP contribution < -0.4 is 20.1 Å². The summed E-state index contributed by atoms with van der Waals surface area (Å²) in [5, 5.41) is 5.84. The molecule has 0 radical (unpaired) electrons. The average Bonchev–Trinajstić information content (AvgIpc) is 2.71. The van der Waals surface area contributed by atoms with Gasteiger partial charge in [-0.15, -0.1) is 11.8 Å². The van der Waals surface area contributed by atoms with E-state index in [2.05, 4.69) is 26.6 Å². The van der Waals surface area contributed by atoms with Gasteiger partial charge in [0.15, 0.2) is 11.5 Å². The fourth-order valence-corrected chi connectivity index (χ4v) is 3.96. The van der Waals surface area contributed by atoms with E-state index in [0.29, 0.717) is 19.0 Å². The summed E-state index contributed by atoms with van der Waals surface area (Å²) in [7, 11) is 0. The normalized spacial score (nSPS) is 13.4. The third-order valence-electron chi connectivity index (χ3n) is 4.29. The van der Waals surface area contributed by atoms with Crippen LogP contribution in [-0.4, -0.2) is 36.5 Å². The van der Waals surface area contributed by atoms with Crippen molar-refractivity contribution in [3.63, 3.8) is 0 Å². The van der Waals surface area contributed by atoms with E-state index >= 15 is 0 Å². The Balaban J connectivity index is 1.46. The van der Waals surface area contributed by atoms with Gasteiger partial charge in [0.25, 0.3) is 0 Å². The van der Waals surface area contributed by atoms with Gasteiger partial charge in [-0.1, -0.05) is 35.0 Å². The molecule has 1 unspecified atom stereocenters. The highest BCUT2D eigenvalue weighted by Crippen LogP contribution is 2.33. The Morgan fingerprint density at radius 3 is 2.59 bits per heavy atom. The van der Waals surface area contributed by atoms with E-state index in [1.54, 1.807) is 0 Å². The fourth-order valence-electron chi connectivity index (χ4n) is 2.93. The summed E-state index contributed by atoms with van der Waals surface area (Å²) < 4.78 is 12.1. The summed E-state index contributed by atoms with van der Waals surface area (Å²) in [6.07, 6.45) is 0.749. The zero-order chi connectivity index (χ0) is 20.6. The lowest BCUT2D eigenvalue weighted by molar-refractivity contribution is -0.119. The number of ether oxygens (including phenoxy) is 2. The highest BCUT2D eigenvalue weighted by Gasteiger charge is 2.18. The molecule has 2 aromatic rings. The van der Waals surface area contributed by atoms with Crippen molar-refractivity contribution in [2.75, 3.05) is 30.0 Å². The minimum absolute atomic E-state index is 0.105. The van der Waals surface area contributed by atoms with E-state index < -0.39 is 0 Å². The number of amides is 2. The Bertz CT molecular complexity index is 878. The van der Waals surface area contributed by atoms with Gasteiger partial charge in [0.2, 0.25) is 11.8 Å². The standard InChI is InChI=1S/C21H23BrN2O4S/c1-2-17(14-6-7-18-19(10-14)28-9-8-27-18)24-21(26)13-29-12-20(25)23-16-5-3-4-15(22)11-16/h3-7,10-11,17H,2,8-9,12-13H2,1H3,(H,23,25)(H,24,26). The summed E-state index contributed by atoms with van der Waals surface area (Å²) in [5.74, 6) is 1.62. The minimum Gasteiger partial charge on any atom is -0.486 e. The fraction of sp³-hybridized carbons (Fsp3) is 0.333. The van der Waals surface area contributed by atoms with Crippen LogP contribution in [0.15, 0.2) is 46.9 Å². The van der Waals surface area contributed by atoms with Crippen LogP contribution in [0.2, 0.25) is 0 Å². The quantitative estimate of drug-likeness (QED) is 0.595. The molecular weight excluding hydrogens is 456 g/mol. The van der Waals surface area contributed by atoms with Gasteiger partial charge in [-0.05, 0) is 42.3 Å². The zero-order valence-corrected chi connectivity index (χ0v) is 18.5. The van der Waals surface area contributed by atoms with Gasteiger partial charge in [-0.3, -0.25) is 9.59 Å². The summed E-state index contributed by atoms with van der Waals surface area (Å²) in [6.45, 7) is 3.09. The molecule has 1 aliphatic rings. The first-order valence-electron chi connectivity index (χ1n) is 9.37. The van der Waals surface area contributed by atoms with Crippen molar-refractivity contribution in [2.24, 2.45) is 0 Å². The van der Waals surface area contributed by atoms with Crippen LogP contribution in [0.1, 0.15) is 24.9 Å². The van der Waals surface area contributed by atoms with Crippen molar-refractivity contribution >= 4 is 45.2 Å². The van der Waals surface area contributed by atoms with Crippen LogP contribution in [0, 0.1) is 0 Å². The van der Waals surface area contributed by atoms with Crippen molar-refractivity contribution in [3.8, 4) is 11.5 Å². The number of nitrogens with one attached hydrogen (secondary N) is 2. The first-order chi connectivity index (χ1) is 14.0. The van der Waals surface area contributed by atoms with Crippen LogP contribution >= 0.6 is 27.7 Å². The molecule has 2 N–H and O–H groups in total. The van der Waals surface area contributed by atoms with E-state index in [1.165, 1.54) is 11.8 Å². The van der Waals surface area contributed by atoms with Gasteiger partial charge in [-0.25, -0.2) is 0 Å². The summed E-state index contributed by atoms with van der Waals surface area (Å²) in [5.41, 5.74) is 1.70. The van der Waals surface area contributed by atoms with Crippen molar-refractivity contribution in [3.05, 3.63) is 52.5 Å². The van der Waals surface area contributed by atoms with Crippen molar-refractivity contribution < 1.29 is 19.1 Å². The lowest BCUT2D eigenvalue weighted by atomic mass is 10.0. The van der Waals surface area contributed by atoms with E-state index in [9.17, 15) is 9.59 Å². The molecule has 2 amide bonds. The number of halogens is 1. The van der Waals surface area contributed by atoms with Gasteiger partial charge < -0.3 is 20.1 Å². The summed E-state index contributed by atoms with van der Waals surface area (Å²) in [4.78, 5) is 24.4. The highest BCUT2D eigenvalue weighted by atomic mass is 79.9. The monoisotopic (exact) mass is 478 g/mol. The van der Waals surface area contributed by atoms with Crippen LogP contribution in [0.5, 0.6) is 11.5 Å². The van der Waals surface area contributed by atoms with Crippen LogP contribution in [0.25, 0.3) is 0 Å². The molecule has 2 aromatic carbocycles. The molecule has 29 heavy (non-hydrogen) atoms. The van der Waals surface area contributed by atoms with Crippen LogP contribution in [0.4, 0.5) is 5.69 Å². The van der Waals surface area contributed by atoms with E-state index in [0.717, 1.165) is 27.9 Å². The molecule has 0 saturated heterocycles. The number of carbonyl (C=O) groups excluding carboxylic acids is 2. The van der Waals surface area contributed by atoms with Crippen molar-refractivity contribution in [2.45, 2.75) is 19.4 Å². The second-order valence-electron chi connectivity index (χ2n) is 6.48. The molecule has 0 aromatic heterocycles. The molecule has 6 nitrogen and oxygen atoms in total. The maximum absolute atomic E-state index is 12.3. The molecule has 8 heteroatoms. The first-order valence-corrected chi connectivity index (χ1v) is 11.3. The molecule has 0 aliphatic carbocycles. The number of thioether (sulfide) groups is 1. The summed E-state index contributed by atoms with van der Waals surface area (Å²) >= 11 is 4.65. The Morgan fingerprint density at radius 1 is 1.07 bits per heavy atom. The molecule has 0 spiro atoms. The van der Waals surface area contributed by atoms with Gasteiger partial charge >= 0.3 is 0 Å². The Morgan fingerprint density at radius 2 is 1.83 bits per heavy atom. The molecule has 1 atom stereocenters. The predicted molar refractivity (Wildman–Crippen MR) is 119 cm³/mol. The molecule has 0 bridgehead atoms. The highest BCUT2D eigenvalue weighted by molar-refractivity contribution is 9.10. The molecule has 0 saturated carbocycles. The largest absolute Gasteiger partial charge is 0.486 e. The maximum atomic E-state index is 12.3. The third-order valence-corrected chi connectivity index (χ3v) is 5.71. The van der Waals surface area contributed by atoms with Gasteiger partial charge in [0.05, 0.1) is 17.5 Å². The average molecular weight is 479 g/mol. The molecule has 3 rings (SSSR count). The number of rotatable bonds is 8.